The van der Waals surface area contributed by atoms with Crippen molar-refractivity contribution in [3.63, 3.8) is 0 Å². The number of benzene rings is 1. The van der Waals surface area contributed by atoms with Gasteiger partial charge in [0.05, 0.1) is 0 Å². The summed E-state index contributed by atoms with van der Waals surface area (Å²) in [5.74, 6) is 0.199. The first-order valence-corrected chi connectivity index (χ1v) is 4.65. The molecule has 0 bridgehead atoms. The maximum Gasteiger partial charge on any atom is 0.0500 e. The predicted octanol–water partition coefficient (Wildman–Crippen LogP) is 1.42. The highest BCUT2D eigenvalue weighted by Gasteiger charge is 2.08. The first-order valence-electron chi connectivity index (χ1n) is 4.65. The maximum absolute atomic E-state index is 9.15. The van der Waals surface area contributed by atoms with E-state index in [1.54, 1.807) is 0 Å². The standard InChI is InChI=1S/C11H17NO/c1-9-3-2-4-10(7-9)11(8-13)5-6-12/h2-4,7,11,13H,5-6,8,12H2,1H3. The zero-order valence-corrected chi connectivity index (χ0v) is 8.03. The number of rotatable bonds is 4. The second-order valence-corrected chi connectivity index (χ2v) is 3.37. The summed E-state index contributed by atoms with van der Waals surface area (Å²) in [5, 5.41) is 9.15. The molecule has 1 atom stereocenters. The average Bonchev–Trinajstić information content (AvgIpc) is 2.14. The SMILES string of the molecule is Cc1cccc(C(CO)CCN)c1. The Kier molecular flexibility index (Phi) is 3.93. The van der Waals surface area contributed by atoms with Gasteiger partial charge in [-0.3, -0.25) is 0 Å². The largest absolute Gasteiger partial charge is 0.396 e. The molecule has 1 rings (SSSR count). The van der Waals surface area contributed by atoms with Crippen molar-refractivity contribution in [3.05, 3.63) is 35.4 Å². The summed E-state index contributed by atoms with van der Waals surface area (Å²) in [6.07, 6.45) is 0.847. The lowest BCUT2D eigenvalue weighted by atomic mass is 9.95. The third kappa shape index (κ3) is 2.83. The molecule has 72 valence electrons. The first kappa shape index (κ1) is 10.2. The van der Waals surface area contributed by atoms with Crippen LogP contribution in [0.15, 0.2) is 24.3 Å². The van der Waals surface area contributed by atoms with Crippen molar-refractivity contribution in [2.75, 3.05) is 13.2 Å². The van der Waals surface area contributed by atoms with Crippen LogP contribution in [0.2, 0.25) is 0 Å². The number of aliphatic hydroxyl groups is 1. The van der Waals surface area contributed by atoms with Crippen molar-refractivity contribution in [2.24, 2.45) is 5.73 Å². The van der Waals surface area contributed by atoms with E-state index in [2.05, 4.69) is 19.1 Å². The van der Waals surface area contributed by atoms with Crippen LogP contribution < -0.4 is 5.73 Å². The number of hydrogen-bond donors (Lipinski definition) is 2. The third-order valence-corrected chi connectivity index (χ3v) is 2.25. The lowest BCUT2D eigenvalue weighted by Gasteiger charge is -2.13. The van der Waals surface area contributed by atoms with Gasteiger partial charge in [-0.05, 0) is 25.5 Å². The topological polar surface area (TPSA) is 46.2 Å². The second kappa shape index (κ2) is 5.00. The van der Waals surface area contributed by atoms with E-state index >= 15 is 0 Å². The lowest BCUT2D eigenvalue weighted by Crippen LogP contribution is -2.10. The Hall–Kier alpha value is -0.860. The van der Waals surface area contributed by atoms with Crippen LogP contribution in [0.3, 0.4) is 0 Å². The molecule has 1 aromatic rings. The van der Waals surface area contributed by atoms with Crippen molar-refractivity contribution in [3.8, 4) is 0 Å². The minimum absolute atomic E-state index is 0.181. The highest BCUT2D eigenvalue weighted by atomic mass is 16.3. The molecule has 1 unspecified atom stereocenters. The van der Waals surface area contributed by atoms with Gasteiger partial charge in [0.15, 0.2) is 0 Å². The molecule has 0 amide bonds. The van der Waals surface area contributed by atoms with Crippen LogP contribution in [-0.2, 0) is 0 Å². The Morgan fingerprint density at radius 2 is 2.23 bits per heavy atom. The van der Waals surface area contributed by atoms with Crippen molar-refractivity contribution in [2.45, 2.75) is 19.3 Å². The Bertz CT molecular complexity index is 260. The highest BCUT2D eigenvalue weighted by molar-refractivity contribution is 5.25. The van der Waals surface area contributed by atoms with E-state index < -0.39 is 0 Å². The molecule has 2 heteroatoms. The van der Waals surface area contributed by atoms with Crippen LogP contribution in [0, 0.1) is 6.92 Å². The van der Waals surface area contributed by atoms with Crippen LogP contribution in [0.5, 0.6) is 0 Å². The molecule has 0 saturated heterocycles. The third-order valence-electron chi connectivity index (χ3n) is 2.25. The number of nitrogens with two attached hydrogens (primary N) is 1. The predicted molar refractivity (Wildman–Crippen MR) is 54.7 cm³/mol. The van der Waals surface area contributed by atoms with Crippen LogP contribution in [-0.4, -0.2) is 18.3 Å². The minimum Gasteiger partial charge on any atom is -0.396 e. The van der Waals surface area contributed by atoms with Gasteiger partial charge in [0.2, 0.25) is 0 Å². The summed E-state index contributed by atoms with van der Waals surface area (Å²) in [6, 6.07) is 8.23. The van der Waals surface area contributed by atoms with Crippen molar-refractivity contribution in [1.82, 2.24) is 0 Å². The molecule has 0 aliphatic heterocycles. The molecule has 2 nitrogen and oxygen atoms in total. The summed E-state index contributed by atoms with van der Waals surface area (Å²) < 4.78 is 0. The van der Waals surface area contributed by atoms with Crippen LogP contribution in [0.25, 0.3) is 0 Å². The van der Waals surface area contributed by atoms with Gasteiger partial charge in [0.1, 0.15) is 0 Å². The molecular formula is C11H17NO. The molecule has 0 aromatic heterocycles. The monoisotopic (exact) mass is 179 g/mol. The van der Waals surface area contributed by atoms with Gasteiger partial charge in [-0.25, -0.2) is 0 Å². The van der Waals surface area contributed by atoms with Gasteiger partial charge < -0.3 is 10.8 Å². The van der Waals surface area contributed by atoms with E-state index in [1.165, 1.54) is 11.1 Å². The fourth-order valence-corrected chi connectivity index (χ4v) is 1.49. The molecule has 0 spiro atoms. The molecule has 1 aromatic carbocycles. The highest BCUT2D eigenvalue weighted by Crippen LogP contribution is 2.19. The zero-order valence-electron chi connectivity index (χ0n) is 8.03. The van der Waals surface area contributed by atoms with Gasteiger partial charge >= 0.3 is 0 Å². The fraction of sp³-hybridized carbons (Fsp3) is 0.455. The molecule has 0 saturated carbocycles. The number of aliphatic hydroxyl groups excluding tert-OH is 1. The van der Waals surface area contributed by atoms with E-state index in [4.69, 9.17) is 10.8 Å². The molecule has 0 radical (unpaired) electrons. The van der Waals surface area contributed by atoms with E-state index in [1.807, 2.05) is 12.1 Å². The molecular weight excluding hydrogens is 162 g/mol. The van der Waals surface area contributed by atoms with E-state index in [9.17, 15) is 0 Å². The van der Waals surface area contributed by atoms with E-state index in [0.29, 0.717) is 6.54 Å². The maximum atomic E-state index is 9.15. The summed E-state index contributed by atoms with van der Waals surface area (Å²) in [7, 11) is 0. The summed E-state index contributed by atoms with van der Waals surface area (Å²) >= 11 is 0. The first-order chi connectivity index (χ1) is 6.27. The quantitative estimate of drug-likeness (QED) is 0.734. The fourth-order valence-electron chi connectivity index (χ4n) is 1.49. The van der Waals surface area contributed by atoms with Gasteiger partial charge in [-0.2, -0.15) is 0 Å². The molecule has 0 aliphatic carbocycles. The molecule has 3 N–H and O–H groups in total. The average molecular weight is 179 g/mol. The Morgan fingerprint density at radius 1 is 1.46 bits per heavy atom. The van der Waals surface area contributed by atoms with Crippen molar-refractivity contribution < 1.29 is 5.11 Å². The van der Waals surface area contributed by atoms with E-state index in [-0.39, 0.29) is 12.5 Å². The number of hydrogen-bond acceptors (Lipinski definition) is 2. The Morgan fingerprint density at radius 3 is 2.77 bits per heavy atom. The zero-order chi connectivity index (χ0) is 9.68. The van der Waals surface area contributed by atoms with Gasteiger partial charge in [-0.1, -0.05) is 29.8 Å². The molecule has 0 heterocycles. The minimum atomic E-state index is 0.181. The smallest absolute Gasteiger partial charge is 0.0500 e. The summed E-state index contributed by atoms with van der Waals surface area (Å²) in [6.45, 7) is 2.86. The van der Waals surface area contributed by atoms with Gasteiger partial charge in [0.25, 0.3) is 0 Å². The summed E-state index contributed by atoms with van der Waals surface area (Å²) in [4.78, 5) is 0. The van der Waals surface area contributed by atoms with Crippen LogP contribution >= 0.6 is 0 Å². The lowest BCUT2D eigenvalue weighted by molar-refractivity contribution is 0.260. The van der Waals surface area contributed by atoms with Crippen molar-refractivity contribution >= 4 is 0 Å². The normalized spacial score (nSPS) is 12.8. The number of aryl methyl sites for hydroxylation is 1. The van der Waals surface area contributed by atoms with Crippen LogP contribution in [0.1, 0.15) is 23.5 Å². The Balaban J connectivity index is 2.78. The van der Waals surface area contributed by atoms with Gasteiger partial charge in [-0.15, -0.1) is 0 Å². The van der Waals surface area contributed by atoms with Crippen molar-refractivity contribution in [1.29, 1.82) is 0 Å². The summed E-state index contributed by atoms with van der Waals surface area (Å²) in [5.41, 5.74) is 7.89. The van der Waals surface area contributed by atoms with Gasteiger partial charge in [0, 0.05) is 12.5 Å². The van der Waals surface area contributed by atoms with E-state index in [0.717, 1.165) is 6.42 Å². The van der Waals surface area contributed by atoms with Crippen LogP contribution in [0.4, 0.5) is 0 Å². The molecule has 0 fully saturated rings. The molecule has 0 aliphatic rings. The second-order valence-electron chi connectivity index (χ2n) is 3.37. The molecule has 13 heavy (non-hydrogen) atoms. The Labute approximate surface area is 79.4 Å².